The third-order valence-electron chi connectivity index (χ3n) is 3.34. The second-order valence-corrected chi connectivity index (χ2v) is 7.44. The van der Waals surface area contributed by atoms with Gasteiger partial charge in [-0.25, -0.2) is 8.42 Å². The number of hydrogen-bond donors (Lipinski definition) is 1. The van der Waals surface area contributed by atoms with Gasteiger partial charge < -0.3 is 5.73 Å². The van der Waals surface area contributed by atoms with Crippen molar-refractivity contribution in [3.8, 4) is 0 Å². The van der Waals surface area contributed by atoms with Crippen LogP contribution in [-0.2, 0) is 10.0 Å². The van der Waals surface area contributed by atoms with Gasteiger partial charge in [0.05, 0.1) is 10.0 Å². The zero-order valence-electron chi connectivity index (χ0n) is 10.5. The lowest BCUT2D eigenvalue weighted by Crippen LogP contribution is -2.48. The Morgan fingerprint density at radius 2 is 1.89 bits per heavy atom. The monoisotopic (exact) mass is 322 g/mol. The molecule has 0 radical (unpaired) electrons. The average Bonchev–Trinajstić information content (AvgIpc) is 2.27. The van der Waals surface area contributed by atoms with Crippen LogP contribution in [0.3, 0.4) is 0 Å². The molecule has 2 N–H and O–H groups in total. The molecule has 1 saturated heterocycles. The van der Waals surface area contributed by atoms with Crippen molar-refractivity contribution in [3.63, 3.8) is 0 Å². The van der Waals surface area contributed by atoms with E-state index in [1.54, 1.807) is 6.07 Å². The van der Waals surface area contributed by atoms with Crippen molar-refractivity contribution in [2.75, 3.05) is 6.54 Å². The first-order valence-corrected chi connectivity index (χ1v) is 8.25. The van der Waals surface area contributed by atoms with Gasteiger partial charge in [-0.2, -0.15) is 4.31 Å². The van der Waals surface area contributed by atoms with Gasteiger partial charge in [-0.1, -0.05) is 29.3 Å². The minimum Gasteiger partial charge on any atom is -0.328 e. The third-order valence-corrected chi connectivity index (χ3v) is 6.31. The highest BCUT2D eigenvalue weighted by Gasteiger charge is 2.35. The predicted molar refractivity (Wildman–Crippen MR) is 77.0 cm³/mol. The van der Waals surface area contributed by atoms with E-state index < -0.39 is 10.0 Å². The Labute approximate surface area is 123 Å². The maximum atomic E-state index is 12.7. The Morgan fingerprint density at radius 3 is 2.42 bits per heavy atom. The highest BCUT2D eigenvalue weighted by Crippen LogP contribution is 2.34. The van der Waals surface area contributed by atoms with Gasteiger partial charge in [-0.05, 0) is 31.9 Å². The van der Waals surface area contributed by atoms with Crippen molar-refractivity contribution in [2.24, 2.45) is 5.73 Å². The molecule has 0 spiro atoms. The molecule has 2 rings (SSSR count). The SMILES string of the molecule is C[C@H]1C[C@H](N)CCN1S(=O)(=O)c1c(Cl)cccc1Cl. The summed E-state index contributed by atoms with van der Waals surface area (Å²) in [5.74, 6) is 0. The normalized spacial score (nSPS) is 25.5. The Bertz CT molecular complexity index is 557. The standard InChI is InChI=1S/C12H16Cl2N2O2S/c1-8-7-9(15)5-6-16(8)19(17,18)12-10(13)3-2-4-11(12)14/h2-4,8-9H,5-7,15H2,1H3/t8-,9+/m0/s1. The van der Waals surface area contributed by atoms with E-state index in [0.717, 1.165) is 0 Å². The summed E-state index contributed by atoms with van der Waals surface area (Å²) in [6.07, 6.45) is 1.28. The molecule has 0 bridgehead atoms. The van der Waals surface area contributed by atoms with Gasteiger partial charge in [-0.15, -0.1) is 0 Å². The molecule has 4 nitrogen and oxygen atoms in total. The van der Waals surface area contributed by atoms with Crippen molar-refractivity contribution >= 4 is 33.2 Å². The molecule has 7 heteroatoms. The number of sulfonamides is 1. The van der Waals surface area contributed by atoms with Crippen molar-refractivity contribution in [2.45, 2.75) is 36.7 Å². The quantitative estimate of drug-likeness (QED) is 0.909. The largest absolute Gasteiger partial charge is 0.328 e. The van der Waals surface area contributed by atoms with E-state index in [1.807, 2.05) is 6.92 Å². The molecule has 1 aromatic rings. The molecule has 0 saturated carbocycles. The Morgan fingerprint density at radius 1 is 1.32 bits per heavy atom. The van der Waals surface area contributed by atoms with E-state index in [-0.39, 0.29) is 27.0 Å². The Hall–Kier alpha value is -0.330. The van der Waals surface area contributed by atoms with Crippen LogP contribution in [0.1, 0.15) is 19.8 Å². The number of halogens is 2. The second-order valence-electron chi connectivity index (χ2n) is 4.80. The van der Waals surface area contributed by atoms with E-state index in [0.29, 0.717) is 19.4 Å². The van der Waals surface area contributed by atoms with Gasteiger partial charge in [0.2, 0.25) is 10.0 Å². The first kappa shape index (κ1) is 15.1. The van der Waals surface area contributed by atoms with Crippen LogP contribution in [0.15, 0.2) is 23.1 Å². The summed E-state index contributed by atoms with van der Waals surface area (Å²) in [6, 6.07) is 4.57. The zero-order chi connectivity index (χ0) is 14.2. The number of benzene rings is 1. The van der Waals surface area contributed by atoms with Crippen LogP contribution in [0.25, 0.3) is 0 Å². The number of nitrogens with zero attached hydrogens (tertiary/aromatic N) is 1. The van der Waals surface area contributed by atoms with Crippen LogP contribution in [0.4, 0.5) is 0 Å². The summed E-state index contributed by atoms with van der Waals surface area (Å²) in [5.41, 5.74) is 5.86. The summed E-state index contributed by atoms with van der Waals surface area (Å²) in [4.78, 5) is -0.0133. The number of hydrogen-bond acceptors (Lipinski definition) is 3. The molecule has 0 aromatic heterocycles. The Kier molecular flexibility index (Phi) is 4.42. The summed E-state index contributed by atoms with van der Waals surface area (Å²) in [7, 11) is -3.68. The highest BCUT2D eigenvalue weighted by molar-refractivity contribution is 7.89. The van der Waals surface area contributed by atoms with Crippen LogP contribution in [0.2, 0.25) is 10.0 Å². The van der Waals surface area contributed by atoms with E-state index in [2.05, 4.69) is 0 Å². The molecule has 1 aliphatic heterocycles. The fraction of sp³-hybridized carbons (Fsp3) is 0.500. The van der Waals surface area contributed by atoms with Gasteiger partial charge in [0.15, 0.2) is 0 Å². The van der Waals surface area contributed by atoms with Crippen LogP contribution in [-0.4, -0.2) is 31.4 Å². The van der Waals surface area contributed by atoms with Crippen molar-refractivity contribution in [1.29, 1.82) is 0 Å². The first-order chi connectivity index (χ1) is 8.84. The second kappa shape index (κ2) is 5.58. The van der Waals surface area contributed by atoms with Crippen molar-refractivity contribution in [3.05, 3.63) is 28.2 Å². The maximum absolute atomic E-state index is 12.7. The lowest BCUT2D eigenvalue weighted by molar-refractivity contribution is 0.247. The molecule has 19 heavy (non-hydrogen) atoms. The third kappa shape index (κ3) is 2.90. The fourth-order valence-corrected chi connectivity index (χ4v) is 5.14. The average molecular weight is 323 g/mol. The summed E-state index contributed by atoms with van der Waals surface area (Å²) in [5, 5.41) is 0.296. The molecular formula is C12H16Cl2N2O2S. The van der Waals surface area contributed by atoms with Gasteiger partial charge in [0.1, 0.15) is 4.90 Å². The van der Waals surface area contributed by atoms with Gasteiger partial charge in [0, 0.05) is 18.6 Å². The molecule has 0 aliphatic carbocycles. The molecule has 2 atom stereocenters. The lowest BCUT2D eigenvalue weighted by atomic mass is 10.0. The molecule has 106 valence electrons. The predicted octanol–water partition coefficient (Wildman–Crippen LogP) is 2.49. The number of piperidine rings is 1. The molecule has 1 fully saturated rings. The van der Waals surface area contributed by atoms with Gasteiger partial charge >= 0.3 is 0 Å². The van der Waals surface area contributed by atoms with Crippen LogP contribution < -0.4 is 5.73 Å². The zero-order valence-corrected chi connectivity index (χ0v) is 12.8. The van der Waals surface area contributed by atoms with E-state index in [1.165, 1.54) is 16.4 Å². The maximum Gasteiger partial charge on any atom is 0.246 e. The topological polar surface area (TPSA) is 63.4 Å². The molecule has 1 aromatic carbocycles. The minimum atomic E-state index is -3.68. The summed E-state index contributed by atoms with van der Waals surface area (Å²) in [6.45, 7) is 2.24. The molecule has 1 heterocycles. The lowest BCUT2D eigenvalue weighted by Gasteiger charge is -2.35. The molecule has 0 amide bonds. The summed E-state index contributed by atoms with van der Waals surface area (Å²) < 4.78 is 26.8. The molecule has 0 unspecified atom stereocenters. The minimum absolute atomic E-state index is 0.0133. The fourth-order valence-electron chi connectivity index (χ4n) is 2.39. The summed E-state index contributed by atoms with van der Waals surface area (Å²) >= 11 is 12.0. The van der Waals surface area contributed by atoms with Gasteiger partial charge in [0.25, 0.3) is 0 Å². The van der Waals surface area contributed by atoms with Gasteiger partial charge in [-0.3, -0.25) is 0 Å². The van der Waals surface area contributed by atoms with E-state index in [9.17, 15) is 8.42 Å². The van der Waals surface area contributed by atoms with E-state index in [4.69, 9.17) is 28.9 Å². The first-order valence-electron chi connectivity index (χ1n) is 6.05. The van der Waals surface area contributed by atoms with Crippen LogP contribution in [0, 0.1) is 0 Å². The van der Waals surface area contributed by atoms with Crippen molar-refractivity contribution < 1.29 is 8.42 Å². The molecular weight excluding hydrogens is 307 g/mol. The van der Waals surface area contributed by atoms with Crippen LogP contribution >= 0.6 is 23.2 Å². The smallest absolute Gasteiger partial charge is 0.246 e. The van der Waals surface area contributed by atoms with Crippen molar-refractivity contribution in [1.82, 2.24) is 4.31 Å². The molecule has 1 aliphatic rings. The van der Waals surface area contributed by atoms with E-state index >= 15 is 0 Å². The van der Waals surface area contributed by atoms with Crippen LogP contribution in [0.5, 0.6) is 0 Å². The number of nitrogens with two attached hydrogens (primary N) is 1. The Balaban J connectivity index is 2.43. The highest BCUT2D eigenvalue weighted by atomic mass is 35.5. The number of rotatable bonds is 2.